The van der Waals surface area contributed by atoms with E-state index in [2.05, 4.69) is 48.2 Å². The summed E-state index contributed by atoms with van der Waals surface area (Å²) in [7, 11) is 1.63. The van der Waals surface area contributed by atoms with Crippen molar-refractivity contribution >= 4 is 34.6 Å². The van der Waals surface area contributed by atoms with Crippen LogP contribution in [0.15, 0.2) is 42.6 Å². The van der Waals surface area contributed by atoms with E-state index in [1.807, 2.05) is 36.5 Å². The minimum atomic E-state index is 0.00234. The van der Waals surface area contributed by atoms with Crippen LogP contribution in [-0.4, -0.2) is 39.2 Å². The van der Waals surface area contributed by atoms with E-state index in [9.17, 15) is 0 Å². The lowest BCUT2D eigenvalue weighted by molar-refractivity contribution is 0.101. The van der Waals surface area contributed by atoms with Crippen LogP contribution in [0, 0.1) is 0 Å². The van der Waals surface area contributed by atoms with Crippen molar-refractivity contribution in [1.29, 1.82) is 0 Å². The van der Waals surface area contributed by atoms with Crippen LogP contribution in [0.1, 0.15) is 46.2 Å². The fraction of sp³-hybridized carbons (Fsp3) is 0.478. The molecule has 162 valence electrons. The van der Waals surface area contributed by atoms with Gasteiger partial charge in [-0.15, -0.1) is 0 Å². The van der Waals surface area contributed by atoms with Gasteiger partial charge in [-0.3, -0.25) is 4.98 Å². The number of hydrogen-bond acceptors (Lipinski definition) is 4. The Balaban J connectivity index is 1.90. The van der Waals surface area contributed by atoms with Crippen molar-refractivity contribution in [1.82, 2.24) is 15.2 Å². The van der Waals surface area contributed by atoms with Crippen molar-refractivity contribution in [3.05, 3.63) is 53.3 Å². The number of rotatable bonds is 5. The first-order valence-electron chi connectivity index (χ1n) is 10.2. The van der Waals surface area contributed by atoms with Crippen LogP contribution in [0.25, 0.3) is 0 Å². The Bertz CT molecular complexity index is 872. The molecule has 5 nitrogen and oxygen atoms in total. The summed E-state index contributed by atoms with van der Waals surface area (Å²) in [5, 5.41) is 8.41. The van der Waals surface area contributed by atoms with Crippen molar-refractivity contribution in [2.45, 2.75) is 64.2 Å². The van der Waals surface area contributed by atoms with Crippen LogP contribution in [0.3, 0.4) is 0 Å². The third-order valence-electron chi connectivity index (χ3n) is 5.33. The van der Waals surface area contributed by atoms with E-state index in [4.69, 9.17) is 28.6 Å². The van der Waals surface area contributed by atoms with E-state index in [-0.39, 0.29) is 17.1 Å². The number of pyridine rings is 1. The largest absolute Gasteiger partial charge is 0.495 e. The van der Waals surface area contributed by atoms with Gasteiger partial charge in [0.25, 0.3) is 0 Å². The van der Waals surface area contributed by atoms with Crippen molar-refractivity contribution < 1.29 is 4.74 Å². The molecule has 0 atom stereocenters. The molecule has 2 heterocycles. The van der Waals surface area contributed by atoms with Crippen molar-refractivity contribution in [2.75, 3.05) is 12.4 Å². The zero-order valence-corrected chi connectivity index (χ0v) is 19.9. The highest BCUT2D eigenvalue weighted by Crippen LogP contribution is 2.33. The third kappa shape index (κ3) is 5.84. The van der Waals surface area contributed by atoms with Crippen LogP contribution in [0.4, 0.5) is 5.69 Å². The molecule has 1 aliphatic rings. The molecule has 2 aromatic rings. The van der Waals surface area contributed by atoms with Gasteiger partial charge in [0, 0.05) is 34.4 Å². The smallest absolute Gasteiger partial charge is 0.174 e. The fourth-order valence-electron chi connectivity index (χ4n) is 4.48. The molecule has 2 N–H and O–H groups in total. The first kappa shape index (κ1) is 22.8. The van der Waals surface area contributed by atoms with E-state index < -0.39 is 0 Å². The minimum absolute atomic E-state index is 0.00234. The van der Waals surface area contributed by atoms with Gasteiger partial charge in [0.05, 0.1) is 25.0 Å². The normalized spacial score (nSPS) is 17.9. The lowest BCUT2D eigenvalue weighted by atomic mass is 9.79. The zero-order valence-electron chi connectivity index (χ0n) is 18.3. The van der Waals surface area contributed by atoms with Gasteiger partial charge in [-0.05, 0) is 77.0 Å². The van der Waals surface area contributed by atoms with E-state index >= 15 is 0 Å². The van der Waals surface area contributed by atoms with Gasteiger partial charge in [0.1, 0.15) is 5.75 Å². The number of nitrogens with one attached hydrogen (secondary N) is 2. The lowest BCUT2D eigenvalue weighted by Crippen LogP contribution is -2.63. The highest BCUT2D eigenvalue weighted by atomic mass is 35.5. The maximum Gasteiger partial charge on any atom is 0.174 e. The predicted molar refractivity (Wildman–Crippen MR) is 128 cm³/mol. The predicted octanol–water partition coefficient (Wildman–Crippen LogP) is 5.25. The SMILES string of the molecule is COc1cc(Cl)ccc1NC(=S)N(Cc1ccccn1)C1CC(C)(C)NC(C)(C)C1. The average Bonchev–Trinajstić information content (AvgIpc) is 2.65. The second-order valence-electron chi connectivity index (χ2n) is 9.18. The van der Waals surface area contributed by atoms with Crippen LogP contribution in [0.2, 0.25) is 5.02 Å². The molecule has 0 saturated carbocycles. The Labute approximate surface area is 190 Å². The summed E-state index contributed by atoms with van der Waals surface area (Å²) in [5.41, 5.74) is 1.79. The van der Waals surface area contributed by atoms with Crippen molar-refractivity contribution in [3.8, 4) is 5.75 Å². The Hall–Kier alpha value is -1.89. The number of anilines is 1. The number of halogens is 1. The fourth-order valence-corrected chi connectivity index (χ4v) is 4.96. The number of benzene rings is 1. The number of aromatic nitrogens is 1. The number of hydrogen-bond donors (Lipinski definition) is 2. The van der Waals surface area contributed by atoms with Crippen molar-refractivity contribution in [2.24, 2.45) is 0 Å². The second-order valence-corrected chi connectivity index (χ2v) is 10.0. The van der Waals surface area contributed by atoms with Gasteiger partial charge in [0.2, 0.25) is 0 Å². The molecule has 0 unspecified atom stereocenters. The molecule has 0 aliphatic carbocycles. The van der Waals surface area contributed by atoms with Gasteiger partial charge in [0.15, 0.2) is 5.11 Å². The van der Waals surface area contributed by atoms with Crippen LogP contribution < -0.4 is 15.4 Å². The molecule has 1 aromatic heterocycles. The molecular weight excluding hydrogens is 416 g/mol. The molecule has 1 fully saturated rings. The maximum atomic E-state index is 6.12. The molecule has 1 saturated heterocycles. The summed E-state index contributed by atoms with van der Waals surface area (Å²) in [6.45, 7) is 9.63. The Kier molecular flexibility index (Phi) is 6.90. The minimum Gasteiger partial charge on any atom is -0.495 e. The van der Waals surface area contributed by atoms with Crippen LogP contribution >= 0.6 is 23.8 Å². The van der Waals surface area contributed by atoms with Gasteiger partial charge < -0.3 is 20.3 Å². The van der Waals surface area contributed by atoms with E-state index in [1.54, 1.807) is 13.2 Å². The van der Waals surface area contributed by atoms with Crippen LogP contribution in [-0.2, 0) is 6.54 Å². The second kappa shape index (κ2) is 9.08. The number of piperidine rings is 1. The molecule has 1 aromatic carbocycles. The maximum absolute atomic E-state index is 6.12. The molecule has 30 heavy (non-hydrogen) atoms. The number of ether oxygens (including phenoxy) is 1. The van der Waals surface area contributed by atoms with Gasteiger partial charge in [-0.2, -0.15) is 0 Å². The van der Waals surface area contributed by atoms with Gasteiger partial charge >= 0.3 is 0 Å². The summed E-state index contributed by atoms with van der Waals surface area (Å²) in [6, 6.07) is 11.7. The first-order chi connectivity index (χ1) is 14.1. The molecule has 0 spiro atoms. The summed E-state index contributed by atoms with van der Waals surface area (Å²) in [4.78, 5) is 6.79. The quantitative estimate of drug-likeness (QED) is 0.611. The van der Waals surface area contributed by atoms with Crippen LogP contribution in [0.5, 0.6) is 5.75 Å². The van der Waals surface area contributed by atoms with E-state index in [0.29, 0.717) is 22.4 Å². The molecular formula is C23H31ClN4OS. The van der Waals surface area contributed by atoms with E-state index in [0.717, 1.165) is 24.2 Å². The lowest BCUT2D eigenvalue weighted by Gasteiger charge is -2.50. The number of methoxy groups -OCH3 is 1. The molecule has 3 rings (SSSR count). The molecule has 0 bridgehead atoms. The molecule has 7 heteroatoms. The van der Waals surface area contributed by atoms with Crippen molar-refractivity contribution in [3.63, 3.8) is 0 Å². The Morgan fingerprint density at radius 2 is 1.93 bits per heavy atom. The Morgan fingerprint density at radius 3 is 2.53 bits per heavy atom. The zero-order chi connectivity index (χ0) is 21.9. The standard InChI is InChI=1S/C23H31ClN4OS/c1-22(2)13-18(14-23(3,4)27-22)28(15-17-8-6-7-11-25-17)21(30)26-19-10-9-16(24)12-20(19)29-5/h6-12,18,27H,13-15H2,1-5H3,(H,26,30). The summed E-state index contributed by atoms with van der Waals surface area (Å²) in [5.74, 6) is 0.661. The van der Waals surface area contributed by atoms with Gasteiger partial charge in [-0.25, -0.2) is 0 Å². The molecule has 0 radical (unpaired) electrons. The van der Waals surface area contributed by atoms with E-state index in [1.165, 1.54) is 0 Å². The first-order valence-corrected chi connectivity index (χ1v) is 11.0. The highest BCUT2D eigenvalue weighted by Gasteiger charge is 2.40. The molecule has 1 aliphatic heterocycles. The summed E-state index contributed by atoms with van der Waals surface area (Å²) in [6.07, 6.45) is 3.77. The summed E-state index contributed by atoms with van der Waals surface area (Å²) < 4.78 is 5.49. The summed E-state index contributed by atoms with van der Waals surface area (Å²) >= 11 is 12.0. The average molecular weight is 447 g/mol. The third-order valence-corrected chi connectivity index (χ3v) is 5.91. The molecule has 0 amide bonds. The number of nitrogens with zero attached hydrogens (tertiary/aromatic N) is 2. The number of thiocarbonyl (C=S) groups is 1. The monoisotopic (exact) mass is 446 g/mol. The highest BCUT2D eigenvalue weighted by molar-refractivity contribution is 7.80. The Morgan fingerprint density at radius 1 is 1.23 bits per heavy atom. The van der Waals surface area contributed by atoms with Gasteiger partial charge in [-0.1, -0.05) is 17.7 Å². The topological polar surface area (TPSA) is 49.4 Å².